The maximum atomic E-state index is 9.00. The molecular formula is C2H8BCuNaO2. The second-order valence-electron chi connectivity index (χ2n) is 0.519. The first-order valence-corrected chi connectivity index (χ1v) is 0.928. The molecule has 0 aliphatic rings. The Morgan fingerprint density at radius 1 is 1.57 bits per heavy atom. The fraction of sp³-hybridized carbons (Fsp3) is 0.500. The molecule has 0 fully saturated rings. The predicted molar refractivity (Wildman–Crippen MR) is 30.4 cm³/mol. The molecule has 0 saturated heterocycles. The van der Waals surface area contributed by atoms with Crippen LogP contribution in [0.2, 0.25) is 0 Å². The zero-order valence-electron chi connectivity index (χ0n) is 2.66. The number of hydrogen-bond donors (Lipinski definition) is 1. The fourth-order valence-corrected chi connectivity index (χ4v) is 0. The van der Waals surface area contributed by atoms with Gasteiger partial charge < -0.3 is 5.11 Å². The molecule has 0 rings (SSSR count). The molecule has 0 atom stereocenters. The van der Waals surface area contributed by atoms with E-state index in [1.807, 2.05) is 0 Å². The second kappa shape index (κ2) is 15.7. The van der Waals surface area contributed by atoms with Crippen molar-refractivity contribution < 1.29 is 27.0 Å². The number of carbonyl (C=O) groups is 1. The van der Waals surface area contributed by atoms with Crippen LogP contribution in [-0.2, 0) is 21.9 Å². The van der Waals surface area contributed by atoms with E-state index in [9.17, 15) is 0 Å². The topological polar surface area (TPSA) is 37.3 Å². The molecule has 0 heterocycles. The standard InChI is InChI=1S/C2H4O2.BH3.Cu.Na.H/c1-2(3)4;;;;/h1H3,(H,3,4);1H3;;;. The van der Waals surface area contributed by atoms with E-state index in [1.165, 1.54) is 0 Å². The molecule has 1 radical (unpaired) electrons. The molecule has 0 bridgehead atoms. The van der Waals surface area contributed by atoms with Crippen molar-refractivity contribution in [3.05, 3.63) is 0 Å². The van der Waals surface area contributed by atoms with Crippen molar-refractivity contribution in [1.29, 1.82) is 0 Å². The quantitative estimate of drug-likeness (QED) is 0.428. The zero-order valence-corrected chi connectivity index (χ0v) is 3.60. The van der Waals surface area contributed by atoms with Gasteiger partial charge in [-0.1, -0.05) is 0 Å². The van der Waals surface area contributed by atoms with E-state index >= 15 is 0 Å². The van der Waals surface area contributed by atoms with Crippen molar-refractivity contribution in [1.82, 2.24) is 0 Å². The maximum absolute atomic E-state index is 9.00. The van der Waals surface area contributed by atoms with Gasteiger partial charge in [-0.3, -0.25) is 4.79 Å². The molecule has 2 nitrogen and oxygen atoms in total. The fourth-order valence-electron chi connectivity index (χ4n) is 0. The Bertz CT molecular complexity index is 38.7. The third kappa shape index (κ3) is 162. The van der Waals surface area contributed by atoms with Crippen LogP contribution < -0.4 is 0 Å². The molecule has 0 unspecified atom stereocenters. The average molecular weight is 161 g/mol. The van der Waals surface area contributed by atoms with Crippen molar-refractivity contribution in [2.45, 2.75) is 6.92 Å². The minimum absolute atomic E-state index is 0. The molecule has 0 spiro atoms. The van der Waals surface area contributed by atoms with Crippen LogP contribution in [0.5, 0.6) is 0 Å². The summed E-state index contributed by atoms with van der Waals surface area (Å²) in [7, 11) is 0. The third-order valence-electron chi connectivity index (χ3n) is 0. The predicted octanol–water partition coefficient (Wildman–Crippen LogP) is -1.74. The van der Waals surface area contributed by atoms with Crippen LogP contribution in [0, 0.1) is 0 Å². The van der Waals surface area contributed by atoms with Crippen molar-refractivity contribution in [3.63, 3.8) is 0 Å². The Labute approximate surface area is 77.4 Å². The first-order valence-electron chi connectivity index (χ1n) is 0.928. The summed E-state index contributed by atoms with van der Waals surface area (Å²) in [4.78, 5) is 9.00. The first kappa shape index (κ1) is 24.4. The van der Waals surface area contributed by atoms with E-state index < -0.39 is 5.97 Å². The summed E-state index contributed by atoms with van der Waals surface area (Å²) in [5.74, 6) is -0.833. The molecule has 0 amide bonds. The minimum atomic E-state index is -0.833. The van der Waals surface area contributed by atoms with Crippen LogP contribution in [0.4, 0.5) is 0 Å². The van der Waals surface area contributed by atoms with Crippen molar-refractivity contribution in [2.75, 3.05) is 0 Å². The normalized spacial score (nSPS) is 3.57. The molecule has 7 heavy (non-hydrogen) atoms. The van der Waals surface area contributed by atoms with Crippen LogP contribution in [0.15, 0.2) is 0 Å². The first-order chi connectivity index (χ1) is 1.73. The summed E-state index contributed by atoms with van der Waals surface area (Å²) in [5, 5.41) is 7.42. The summed E-state index contributed by atoms with van der Waals surface area (Å²) < 4.78 is 0. The second-order valence-corrected chi connectivity index (χ2v) is 0.519. The van der Waals surface area contributed by atoms with Crippen LogP contribution in [0.3, 0.4) is 0 Å². The monoisotopic (exact) mass is 161 g/mol. The molecule has 0 saturated carbocycles. The summed E-state index contributed by atoms with van der Waals surface area (Å²) >= 11 is 0. The average Bonchev–Trinajstić information content (AvgIpc) is 0.811. The Morgan fingerprint density at radius 3 is 1.57 bits per heavy atom. The molecular weight excluding hydrogens is 153 g/mol. The van der Waals surface area contributed by atoms with E-state index in [2.05, 4.69) is 0 Å². The number of carboxylic acid groups (broad SMARTS) is 1. The van der Waals surface area contributed by atoms with Gasteiger partial charge in [0.1, 0.15) is 0 Å². The molecule has 0 aromatic rings. The summed E-state index contributed by atoms with van der Waals surface area (Å²) in [6.07, 6.45) is 0. The SMILES string of the molecule is B.CC(=O)O.[Cu].[NaH]. The number of aliphatic carboxylic acids is 1. The molecule has 0 aliphatic heterocycles. The molecule has 1 N–H and O–H groups in total. The van der Waals surface area contributed by atoms with Gasteiger partial charge in [0.25, 0.3) is 5.97 Å². The molecule has 5 heteroatoms. The summed E-state index contributed by atoms with van der Waals surface area (Å²) in [6, 6.07) is 0. The van der Waals surface area contributed by atoms with Crippen LogP contribution >= 0.6 is 0 Å². The molecule has 0 aliphatic carbocycles. The van der Waals surface area contributed by atoms with Gasteiger partial charge in [-0.15, -0.1) is 0 Å². The van der Waals surface area contributed by atoms with Crippen LogP contribution in [0.1, 0.15) is 6.92 Å². The van der Waals surface area contributed by atoms with Crippen molar-refractivity contribution in [3.8, 4) is 0 Å². The van der Waals surface area contributed by atoms with Gasteiger partial charge in [-0.2, -0.15) is 0 Å². The summed E-state index contributed by atoms with van der Waals surface area (Å²) in [5.41, 5.74) is 0. The summed E-state index contributed by atoms with van der Waals surface area (Å²) in [6.45, 7) is 1.08. The van der Waals surface area contributed by atoms with Crippen LogP contribution in [-0.4, -0.2) is 49.0 Å². The number of rotatable bonds is 0. The van der Waals surface area contributed by atoms with E-state index in [0.29, 0.717) is 0 Å². The number of hydrogen-bond acceptors (Lipinski definition) is 1. The van der Waals surface area contributed by atoms with Gasteiger partial charge >= 0.3 is 29.6 Å². The Hall–Kier alpha value is 1.05. The number of carboxylic acids is 1. The van der Waals surface area contributed by atoms with E-state index in [1.54, 1.807) is 0 Å². The van der Waals surface area contributed by atoms with Gasteiger partial charge in [-0.25, -0.2) is 0 Å². The molecule has 43 valence electrons. The van der Waals surface area contributed by atoms with Crippen molar-refractivity contribution >= 4 is 43.9 Å². The van der Waals surface area contributed by atoms with Gasteiger partial charge in [0.05, 0.1) is 8.41 Å². The Kier molecular flexibility index (Phi) is 54.8. The molecule has 0 aromatic carbocycles. The van der Waals surface area contributed by atoms with E-state index in [4.69, 9.17) is 9.90 Å². The Balaban J connectivity index is -0.0000000150. The van der Waals surface area contributed by atoms with E-state index in [0.717, 1.165) is 6.92 Å². The third-order valence-corrected chi connectivity index (χ3v) is 0. The Morgan fingerprint density at radius 2 is 1.57 bits per heavy atom. The van der Waals surface area contributed by atoms with Gasteiger partial charge in [0.15, 0.2) is 0 Å². The van der Waals surface area contributed by atoms with Crippen molar-refractivity contribution in [2.24, 2.45) is 0 Å². The van der Waals surface area contributed by atoms with Gasteiger partial charge in [0.2, 0.25) is 0 Å². The van der Waals surface area contributed by atoms with E-state index in [-0.39, 0.29) is 55.0 Å². The zero-order chi connectivity index (χ0) is 3.58. The molecule has 0 aromatic heterocycles. The van der Waals surface area contributed by atoms with Gasteiger partial charge in [-0.05, 0) is 0 Å². The van der Waals surface area contributed by atoms with Crippen LogP contribution in [0.25, 0.3) is 0 Å². The van der Waals surface area contributed by atoms with Gasteiger partial charge in [0, 0.05) is 24.0 Å².